The molecule has 0 aliphatic carbocycles. The van der Waals surface area contributed by atoms with Gasteiger partial charge >= 0.3 is 6.03 Å². The third-order valence-corrected chi connectivity index (χ3v) is 2.53. The Hall–Kier alpha value is -2.89. The maximum Gasteiger partial charge on any atom is 0.318 e. The highest BCUT2D eigenvalue weighted by molar-refractivity contribution is 6.04. The van der Waals surface area contributed by atoms with Gasteiger partial charge < -0.3 is 16.0 Å². The highest BCUT2D eigenvalue weighted by Crippen LogP contribution is 2.15. The molecular formula is C14H14N4O2. The summed E-state index contributed by atoms with van der Waals surface area (Å²) in [6.07, 6.45) is 3.09. The van der Waals surface area contributed by atoms with Crippen molar-refractivity contribution in [3.05, 3.63) is 54.4 Å². The van der Waals surface area contributed by atoms with Crippen molar-refractivity contribution < 1.29 is 9.59 Å². The van der Waals surface area contributed by atoms with Crippen LogP contribution in [-0.2, 0) is 0 Å². The van der Waals surface area contributed by atoms with Crippen molar-refractivity contribution in [3.8, 4) is 0 Å². The minimum Gasteiger partial charge on any atom is -0.341 e. The van der Waals surface area contributed by atoms with E-state index in [1.165, 1.54) is 13.2 Å². The molecule has 0 unspecified atom stereocenters. The number of benzene rings is 1. The van der Waals surface area contributed by atoms with Crippen molar-refractivity contribution in [2.24, 2.45) is 0 Å². The van der Waals surface area contributed by atoms with Crippen molar-refractivity contribution in [1.29, 1.82) is 0 Å². The van der Waals surface area contributed by atoms with E-state index in [1.54, 1.807) is 42.6 Å². The van der Waals surface area contributed by atoms with Crippen LogP contribution in [0.5, 0.6) is 0 Å². The Kier molecular flexibility index (Phi) is 4.28. The first kappa shape index (κ1) is 13.5. The summed E-state index contributed by atoms with van der Waals surface area (Å²) in [4.78, 5) is 27.1. The fourth-order valence-corrected chi connectivity index (χ4v) is 1.57. The number of amides is 3. The number of hydrogen-bond donors (Lipinski definition) is 3. The summed E-state index contributed by atoms with van der Waals surface area (Å²) in [5, 5.41) is 7.82. The van der Waals surface area contributed by atoms with Crippen LogP contribution < -0.4 is 16.0 Å². The first-order valence-corrected chi connectivity index (χ1v) is 5.99. The normalized spacial score (nSPS) is 9.65. The minimum absolute atomic E-state index is 0.254. The Balaban J connectivity index is 2.08. The Morgan fingerprint density at radius 1 is 1.05 bits per heavy atom. The molecule has 0 saturated heterocycles. The molecule has 0 radical (unpaired) electrons. The van der Waals surface area contributed by atoms with Crippen molar-refractivity contribution in [3.63, 3.8) is 0 Å². The number of urea groups is 1. The maximum atomic E-state index is 12.0. The molecule has 0 aliphatic rings. The van der Waals surface area contributed by atoms with Crippen LogP contribution in [0.15, 0.2) is 48.8 Å². The monoisotopic (exact) mass is 270 g/mol. The fraction of sp³-hybridized carbons (Fsp3) is 0.0714. The van der Waals surface area contributed by atoms with Crippen LogP contribution in [0.3, 0.4) is 0 Å². The maximum absolute atomic E-state index is 12.0. The van der Waals surface area contributed by atoms with Crippen molar-refractivity contribution in [2.45, 2.75) is 0 Å². The molecule has 102 valence electrons. The van der Waals surface area contributed by atoms with E-state index in [0.717, 1.165) is 0 Å². The number of carbonyl (C=O) groups excluding carboxylic acids is 2. The summed E-state index contributed by atoms with van der Waals surface area (Å²) >= 11 is 0. The van der Waals surface area contributed by atoms with Crippen molar-refractivity contribution >= 4 is 23.3 Å². The molecule has 0 spiro atoms. The topological polar surface area (TPSA) is 83.1 Å². The first-order valence-electron chi connectivity index (χ1n) is 5.99. The molecule has 1 aromatic carbocycles. The average Bonchev–Trinajstić information content (AvgIpc) is 2.48. The van der Waals surface area contributed by atoms with Crippen LogP contribution in [0.2, 0.25) is 0 Å². The number of aromatic nitrogens is 1. The zero-order chi connectivity index (χ0) is 14.4. The molecule has 0 atom stereocenters. The van der Waals surface area contributed by atoms with Gasteiger partial charge in [-0.05, 0) is 30.3 Å². The molecule has 1 aromatic heterocycles. The van der Waals surface area contributed by atoms with Gasteiger partial charge in [-0.1, -0.05) is 6.07 Å². The quantitative estimate of drug-likeness (QED) is 0.798. The van der Waals surface area contributed by atoms with Gasteiger partial charge in [0.1, 0.15) is 0 Å². The molecule has 1 heterocycles. The lowest BCUT2D eigenvalue weighted by Crippen LogP contribution is -2.24. The van der Waals surface area contributed by atoms with E-state index in [0.29, 0.717) is 16.9 Å². The SMILES string of the molecule is CNC(=O)Nc1cccc(NC(=O)c2cccnc2)c1. The molecule has 6 heteroatoms. The number of rotatable bonds is 3. The smallest absolute Gasteiger partial charge is 0.318 e. The summed E-state index contributed by atoms with van der Waals surface area (Å²) in [7, 11) is 1.53. The lowest BCUT2D eigenvalue weighted by atomic mass is 10.2. The van der Waals surface area contributed by atoms with Gasteiger partial charge in [-0.3, -0.25) is 9.78 Å². The molecule has 20 heavy (non-hydrogen) atoms. The van der Waals surface area contributed by atoms with Gasteiger partial charge in [-0.15, -0.1) is 0 Å². The standard InChI is InChI=1S/C14H14N4O2/c1-15-14(20)18-12-6-2-5-11(8-12)17-13(19)10-4-3-7-16-9-10/h2-9H,1H3,(H,17,19)(H2,15,18,20). The molecule has 2 aromatic rings. The third-order valence-electron chi connectivity index (χ3n) is 2.53. The second-order valence-corrected chi connectivity index (χ2v) is 3.98. The second kappa shape index (κ2) is 6.33. The average molecular weight is 270 g/mol. The van der Waals surface area contributed by atoms with Crippen LogP contribution in [0.1, 0.15) is 10.4 Å². The largest absolute Gasteiger partial charge is 0.341 e. The number of pyridine rings is 1. The lowest BCUT2D eigenvalue weighted by molar-refractivity contribution is 0.102. The molecular weight excluding hydrogens is 256 g/mol. The van der Waals surface area contributed by atoms with Crippen LogP contribution >= 0.6 is 0 Å². The summed E-state index contributed by atoms with van der Waals surface area (Å²) in [6.45, 7) is 0. The van der Waals surface area contributed by atoms with E-state index in [2.05, 4.69) is 20.9 Å². The highest BCUT2D eigenvalue weighted by Gasteiger charge is 2.06. The van der Waals surface area contributed by atoms with E-state index >= 15 is 0 Å². The molecule has 6 nitrogen and oxygen atoms in total. The Labute approximate surface area is 116 Å². The Bertz CT molecular complexity index is 614. The van der Waals surface area contributed by atoms with Gasteiger partial charge in [0.15, 0.2) is 0 Å². The summed E-state index contributed by atoms with van der Waals surface area (Å²) in [5.74, 6) is -0.254. The molecule has 2 rings (SSSR count). The molecule has 3 amide bonds. The lowest BCUT2D eigenvalue weighted by Gasteiger charge is -2.08. The summed E-state index contributed by atoms with van der Waals surface area (Å²) < 4.78 is 0. The number of nitrogens with zero attached hydrogens (tertiary/aromatic N) is 1. The Morgan fingerprint density at radius 2 is 1.80 bits per heavy atom. The van der Waals surface area contributed by atoms with E-state index < -0.39 is 0 Å². The van der Waals surface area contributed by atoms with Gasteiger partial charge in [-0.2, -0.15) is 0 Å². The van der Waals surface area contributed by atoms with E-state index in [-0.39, 0.29) is 11.9 Å². The van der Waals surface area contributed by atoms with E-state index in [1.807, 2.05) is 0 Å². The zero-order valence-corrected chi connectivity index (χ0v) is 10.9. The molecule has 0 bridgehead atoms. The second-order valence-electron chi connectivity index (χ2n) is 3.98. The molecule has 0 fully saturated rings. The number of carbonyl (C=O) groups is 2. The number of hydrogen-bond acceptors (Lipinski definition) is 3. The predicted molar refractivity (Wildman–Crippen MR) is 76.7 cm³/mol. The van der Waals surface area contributed by atoms with Gasteiger partial charge in [0, 0.05) is 30.8 Å². The predicted octanol–water partition coefficient (Wildman–Crippen LogP) is 2.09. The van der Waals surface area contributed by atoms with Crippen molar-refractivity contribution in [2.75, 3.05) is 17.7 Å². The van der Waals surface area contributed by atoms with Crippen LogP contribution in [-0.4, -0.2) is 24.0 Å². The van der Waals surface area contributed by atoms with E-state index in [4.69, 9.17) is 0 Å². The number of anilines is 2. The van der Waals surface area contributed by atoms with Gasteiger partial charge in [-0.25, -0.2) is 4.79 Å². The minimum atomic E-state index is -0.319. The van der Waals surface area contributed by atoms with Gasteiger partial charge in [0.05, 0.1) is 5.56 Å². The van der Waals surface area contributed by atoms with Gasteiger partial charge in [0.25, 0.3) is 5.91 Å². The summed E-state index contributed by atoms with van der Waals surface area (Å²) in [5.41, 5.74) is 1.65. The van der Waals surface area contributed by atoms with E-state index in [9.17, 15) is 9.59 Å². The van der Waals surface area contributed by atoms with Crippen LogP contribution in [0, 0.1) is 0 Å². The first-order chi connectivity index (χ1) is 9.69. The van der Waals surface area contributed by atoms with Crippen LogP contribution in [0.25, 0.3) is 0 Å². The Morgan fingerprint density at radius 3 is 2.45 bits per heavy atom. The zero-order valence-electron chi connectivity index (χ0n) is 10.9. The fourth-order valence-electron chi connectivity index (χ4n) is 1.57. The molecule has 0 aliphatic heterocycles. The van der Waals surface area contributed by atoms with Crippen molar-refractivity contribution in [1.82, 2.24) is 10.3 Å². The highest BCUT2D eigenvalue weighted by atomic mass is 16.2. The number of nitrogens with one attached hydrogen (secondary N) is 3. The summed E-state index contributed by atoms with van der Waals surface area (Å²) in [6, 6.07) is 9.93. The molecule has 3 N–H and O–H groups in total. The van der Waals surface area contributed by atoms with Crippen LogP contribution in [0.4, 0.5) is 16.2 Å². The van der Waals surface area contributed by atoms with Gasteiger partial charge in [0.2, 0.25) is 0 Å². The third kappa shape index (κ3) is 3.55. The molecule has 0 saturated carbocycles.